The Kier molecular flexibility index (Phi) is 16.5. The molecule has 0 spiro atoms. The molecule has 5 nitrogen and oxygen atoms in total. The van der Waals surface area contributed by atoms with E-state index in [1.165, 1.54) is 89.9 Å². The van der Waals surface area contributed by atoms with Crippen LogP contribution in [0, 0.1) is 0 Å². The highest BCUT2D eigenvalue weighted by Gasteiger charge is 2.34. The molecule has 36 heavy (non-hydrogen) atoms. The van der Waals surface area contributed by atoms with Crippen molar-refractivity contribution in [2.24, 2.45) is 0 Å². The molecule has 1 fully saturated rings. The van der Waals surface area contributed by atoms with E-state index in [0.717, 1.165) is 24.2 Å². The highest BCUT2D eigenvalue weighted by Crippen LogP contribution is 2.38. The molecule has 2 amide bonds. The van der Waals surface area contributed by atoms with Gasteiger partial charge < -0.3 is 15.0 Å². The number of amides is 2. The van der Waals surface area contributed by atoms with Crippen LogP contribution in [0.1, 0.15) is 121 Å². The van der Waals surface area contributed by atoms with Gasteiger partial charge in [0.1, 0.15) is 17.7 Å². The van der Waals surface area contributed by atoms with Crippen LogP contribution in [-0.4, -0.2) is 42.7 Å². The molecule has 0 radical (unpaired) electrons. The maximum atomic E-state index is 12.4. The zero-order valence-electron chi connectivity index (χ0n) is 22.9. The molecule has 1 N–H and O–H groups in total. The number of unbranched alkanes of at least 4 members (excludes halogenated alkanes) is 15. The minimum atomic E-state index is -0.107. The summed E-state index contributed by atoms with van der Waals surface area (Å²) in [6.45, 7) is 3.10. The standard InChI is InChI=1S/C30H50N2O3S/c1-3-4-5-6-7-8-9-10-11-12-13-14-15-16-17-18-23-31-28(33)24-32-29(34)25-36-30(32)26-19-21-27(35-2)22-20-26/h19-22,30H,3-18,23-25H2,1-2H3,(H,31,33). The minimum Gasteiger partial charge on any atom is -0.497 e. The SMILES string of the molecule is CCCCCCCCCCCCCCCCCCNC(=O)CN1C(=O)CSC1c1ccc(OC)cc1. The van der Waals surface area contributed by atoms with Gasteiger partial charge in [0.2, 0.25) is 11.8 Å². The van der Waals surface area contributed by atoms with Crippen LogP contribution in [0.3, 0.4) is 0 Å². The predicted molar refractivity (Wildman–Crippen MR) is 152 cm³/mol. The molecular weight excluding hydrogens is 468 g/mol. The first kappa shape index (κ1) is 30.5. The molecule has 6 heteroatoms. The number of nitrogens with one attached hydrogen (secondary N) is 1. The second kappa shape index (κ2) is 19.4. The number of hydrogen-bond donors (Lipinski definition) is 1. The zero-order valence-corrected chi connectivity index (χ0v) is 23.7. The Labute approximate surface area is 224 Å². The Morgan fingerprint density at radius 3 is 1.86 bits per heavy atom. The summed E-state index contributed by atoms with van der Waals surface area (Å²) in [7, 11) is 1.64. The summed E-state index contributed by atoms with van der Waals surface area (Å²) in [4.78, 5) is 26.5. The van der Waals surface area contributed by atoms with E-state index in [1.54, 1.807) is 23.8 Å². The highest BCUT2D eigenvalue weighted by atomic mass is 32.2. The fourth-order valence-electron chi connectivity index (χ4n) is 4.78. The van der Waals surface area contributed by atoms with Crippen molar-refractivity contribution in [1.82, 2.24) is 10.2 Å². The molecule has 1 heterocycles. The smallest absolute Gasteiger partial charge is 0.239 e. The van der Waals surface area contributed by atoms with Crippen molar-refractivity contribution in [2.75, 3.05) is 26.0 Å². The van der Waals surface area contributed by atoms with Crippen molar-refractivity contribution < 1.29 is 14.3 Å². The molecule has 0 saturated carbocycles. The Morgan fingerprint density at radius 2 is 1.36 bits per heavy atom. The molecule has 0 bridgehead atoms. The lowest BCUT2D eigenvalue weighted by Gasteiger charge is -2.23. The van der Waals surface area contributed by atoms with Crippen molar-refractivity contribution in [3.8, 4) is 5.75 Å². The van der Waals surface area contributed by atoms with E-state index in [-0.39, 0.29) is 23.7 Å². The van der Waals surface area contributed by atoms with Gasteiger partial charge in [-0.3, -0.25) is 9.59 Å². The highest BCUT2D eigenvalue weighted by molar-refractivity contribution is 8.00. The number of nitrogens with zero attached hydrogens (tertiary/aromatic N) is 1. The van der Waals surface area contributed by atoms with Crippen LogP contribution in [0.15, 0.2) is 24.3 Å². The first-order valence-electron chi connectivity index (χ1n) is 14.5. The van der Waals surface area contributed by atoms with Gasteiger partial charge in [-0.05, 0) is 24.1 Å². The van der Waals surface area contributed by atoms with Crippen molar-refractivity contribution in [3.63, 3.8) is 0 Å². The van der Waals surface area contributed by atoms with Crippen molar-refractivity contribution >= 4 is 23.6 Å². The van der Waals surface area contributed by atoms with Crippen molar-refractivity contribution in [2.45, 2.75) is 115 Å². The molecule has 2 rings (SSSR count). The quantitative estimate of drug-likeness (QED) is 0.170. The van der Waals surface area contributed by atoms with Crippen molar-refractivity contribution in [1.29, 1.82) is 0 Å². The Morgan fingerprint density at radius 1 is 0.861 bits per heavy atom. The van der Waals surface area contributed by atoms with E-state index in [2.05, 4.69) is 12.2 Å². The molecule has 1 aromatic carbocycles. The van der Waals surface area contributed by atoms with Gasteiger partial charge in [0.05, 0.1) is 12.9 Å². The second-order valence-electron chi connectivity index (χ2n) is 10.1. The van der Waals surface area contributed by atoms with Gasteiger partial charge in [0, 0.05) is 6.54 Å². The summed E-state index contributed by atoms with van der Waals surface area (Å²) in [5, 5.41) is 2.90. The van der Waals surface area contributed by atoms with Gasteiger partial charge in [-0.25, -0.2) is 0 Å². The van der Waals surface area contributed by atoms with Crippen LogP contribution in [0.4, 0.5) is 0 Å². The van der Waals surface area contributed by atoms with Crippen LogP contribution in [0.2, 0.25) is 0 Å². The monoisotopic (exact) mass is 518 g/mol. The third-order valence-corrected chi connectivity index (χ3v) is 8.29. The van der Waals surface area contributed by atoms with Crippen LogP contribution in [0.25, 0.3) is 0 Å². The number of carbonyl (C=O) groups excluding carboxylic acids is 2. The van der Waals surface area contributed by atoms with Gasteiger partial charge in [-0.15, -0.1) is 11.8 Å². The largest absolute Gasteiger partial charge is 0.497 e. The molecule has 204 valence electrons. The van der Waals surface area contributed by atoms with E-state index in [0.29, 0.717) is 12.3 Å². The summed E-state index contributed by atoms with van der Waals surface area (Å²) >= 11 is 1.57. The van der Waals surface area contributed by atoms with E-state index in [4.69, 9.17) is 4.74 Å². The Bertz CT molecular complexity index is 725. The molecule has 1 saturated heterocycles. The summed E-state index contributed by atoms with van der Waals surface area (Å²) in [5.41, 5.74) is 1.03. The molecule has 1 unspecified atom stereocenters. The summed E-state index contributed by atoms with van der Waals surface area (Å²) in [5.74, 6) is 1.17. The molecule has 1 aromatic rings. The number of hydrogen-bond acceptors (Lipinski definition) is 4. The number of methoxy groups -OCH3 is 1. The zero-order chi connectivity index (χ0) is 25.8. The third-order valence-electron chi connectivity index (χ3n) is 7.04. The third kappa shape index (κ3) is 12.5. The van der Waals surface area contributed by atoms with E-state index >= 15 is 0 Å². The topological polar surface area (TPSA) is 58.6 Å². The normalized spacial score (nSPS) is 15.4. The number of benzene rings is 1. The van der Waals surface area contributed by atoms with Crippen LogP contribution in [-0.2, 0) is 9.59 Å². The fraction of sp³-hybridized carbons (Fsp3) is 0.733. The van der Waals surface area contributed by atoms with Crippen molar-refractivity contribution in [3.05, 3.63) is 29.8 Å². The number of ether oxygens (including phenoxy) is 1. The van der Waals surface area contributed by atoms with E-state index < -0.39 is 0 Å². The maximum Gasteiger partial charge on any atom is 0.239 e. The summed E-state index contributed by atoms with van der Waals surface area (Å²) < 4.78 is 5.22. The van der Waals surface area contributed by atoms with Crippen LogP contribution in [0.5, 0.6) is 5.75 Å². The van der Waals surface area contributed by atoms with E-state index in [1.807, 2.05) is 24.3 Å². The summed E-state index contributed by atoms with van der Waals surface area (Å²) in [6, 6.07) is 7.73. The molecule has 1 aliphatic rings. The molecule has 0 aromatic heterocycles. The van der Waals surface area contributed by atoms with E-state index in [9.17, 15) is 9.59 Å². The first-order valence-corrected chi connectivity index (χ1v) is 15.5. The fourth-order valence-corrected chi connectivity index (χ4v) is 5.97. The first-order chi connectivity index (χ1) is 17.7. The maximum absolute atomic E-state index is 12.4. The number of thioether (sulfide) groups is 1. The average Bonchev–Trinajstić information content (AvgIpc) is 3.25. The molecular formula is C30H50N2O3S. The number of rotatable bonds is 21. The Hall–Kier alpha value is -1.69. The number of carbonyl (C=O) groups is 2. The van der Waals surface area contributed by atoms with Gasteiger partial charge >= 0.3 is 0 Å². The lowest BCUT2D eigenvalue weighted by molar-refractivity contribution is -0.133. The molecule has 0 aliphatic carbocycles. The lowest BCUT2D eigenvalue weighted by Crippen LogP contribution is -2.39. The molecule has 1 aliphatic heterocycles. The van der Waals surface area contributed by atoms with Crippen LogP contribution >= 0.6 is 11.8 Å². The molecule has 1 atom stereocenters. The predicted octanol–water partition coefficient (Wildman–Crippen LogP) is 7.65. The average molecular weight is 519 g/mol. The summed E-state index contributed by atoms with van der Waals surface area (Å²) in [6.07, 6.45) is 21.5. The van der Waals surface area contributed by atoms with Crippen LogP contribution < -0.4 is 10.1 Å². The van der Waals surface area contributed by atoms with Gasteiger partial charge in [-0.1, -0.05) is 115 Å². The Balaban J connectivity index is 1.43. The van der Waals surface area contributed by atoms with Gasteiger partial charge in [0.15, 0.2) is 0 Å². The minimum absolute atomic E-state index is 0.0263. The van der Waals surface area contributed by atoms with Gasteiger partial charge in [0.25, 0.3) is 0 Å². The van der Waals surface area contributed by atoms with Gasteiger partial charge in [-0.2, -0.15) is 0 Å². The second-order valence-corrected chi connectivity index (χ2v) is 11.2. The lowest BCUT2D eigenvalue weighted by atomic mass is 10.0.